The Morgan fingerprint density at radius 2 is 1.76 bits per heavy atom. The SMILES string of the molecule is COc1cc2nc(C)nc(NC(C)c3ccc(-c4ccc(Br)cc4CN(C)C)s3)c2cc1OC. The average Bonchev–Trinajstić information content (AvgIpc) is 3.28. The molecule has 0 aliphatic carbocycles. The third kappa shape index (κ3) is 5.19. The van der Waals surface area contributed by atoms with E-state index in [4.69, 9.17) is 14.5 Å². The molecule has 178 valence electrons. The summed E-state index contributed by atoms with van der Waals surface area (Å²) in [5.41, 5.74) is 3.38. The molecular weight excluding hydrogens is 512 g/mol. The Morgan fingerprint density at radius 3 is 2.47 bits per heavy atom. The van der Waals surface area contributed by atoms with E-state index in [0.717, 1.165) is 27.7 Å². The molecule has 1 unspecified atom stereocenters. The number of hydrogen-bond acceptors (Lipinski definition) is 7. The third-order valence-electron chi connectivity index (χ3n) is 5.54. The number of fused-ring (bicyclic) bond motifs is 1. The van der Waals surface area contributed by atoms with Crippen molar-refractivity contribution >= 4 is 44.0 Å². The van der Waals surface area contributed by atoms with Crippen LogP contribution in [0.15, 0.2) is 46.9 Å². The van der Waals surface area contributed by atoms with Gasteiger partial charge >= 0.3 is 0 Å². The van der Waals surface area contributed by atoms with Gasteiger partial charge in [0.1, 0.15) is 11.6 Å². The zero-order valence-corrected chi connectivity index (χ0v) is 22.7. The Kier molecular flexibility index (Phi) is 7.40. The van der Waals surface area contributed by atoms with Gasteiger partial charge in [-0.3, -0.25) is 0 Å². The van der Waals surface area contributed by atoms with Crippen LogP contribution in [0.4, 0.5) is 5.82 Å². The van der Waals surface area contributed by atoms with Crippen LogP contribution in [0.25, 0.3) is 21.3 Å². The van der Waals surface area contributed by atoms with Crippen molar-refractivity contribution in [2.75, 3.05) is 33.6 Å². The minimum atomic E-state index is 0.0668. The van der Waals surface area contributed by atoms with Crippen LogP contribution in [0.2, 0.25) is 0 Å². The monoisotopic (exact) mass is 540 g/mol. The lowest BCUT2D eigenvalue weighted by Crippen LogP contribution is -2.11. The number of methoxy groups -OCH3 is 2. The maximum Gasteiger partial charge on any atom is 0.162 e. The van der Waals surface area contributed by atoms with Crippen LogP contribution in [0.1, 0.15) is 29.2 Å². The summed E-state index contributed by atoms with van der Waals surface area (Å²) in [5, 5.41) is 4.50. The molecule has 1 atom stereocenters. The number of thiophene rings is 1. The first-order valence-corrected chi connectivity index (χ1v) is 12.6. The summed E-state index contributed by atoms with van der Waals surface area (Å²) in [6, 6.07) is 14.8. The molecule has 2 aromatic carbocycles. The molecule has 34 heavy (non-hydrogen) atoms. The smallest absolute Gasteiger partial charge is 0.162 e. The number of rotatable bonds is 8. The van der Waals surface area contributed by atoms with Gasteiger partial charge in [-0.1, -0.05) is 22.0 Å². The first-order chi connectivity index (χ1) is 16.3. The molecule has 0 radical (unpaired) electrons. The van der Waals surface area contributed by atoms with Crippen molar-refractivity contribution in [3.8, 4) is 21.9 Å². The van der Waals surface area contributed by atoms with Crippen molar-refractivity contribution < 1.29 is 9.47 Å². The van der Waals surface area contributed by atoms with E-state index in [2.05, 4.69) is 82.5 Å². The number of halogens is 1. The first-order valence-electron chi connectivity index (χ1n) is 11.0. The topological polar surface area (TPSA) is 59.5 Å². The molecule has 0 amide bonds. The highest BCUT2D eigenvalue weighted by Crippen LogP contribution is 2.38. The summed E-state index contributed by atoms with van der Waals surface area (Å²) in [5.74, 6) is 2.78. The highest BCUT2D eigenvalue weighted by molar-refractivity contribution is 9.10. The van der Waals surface area contributed by atoms with Crippen LogP contribution in [0, 0.1) is 6.92 Å². The van der Waals surface area contributed by atoms with Crippen molar-refractivity contribution in [3.63, 3.8) is 0 Å². The minimum Gasteiger partial charge on any atom is -0.493 e. The van der Waals surface area contributed by atoms with E-state index >= 15 is 0 Å². The highest BCUT2D eigenvalue weighted by Gasteiger charge is 2.17. The Hall–Kier alpha value is -2.68. The van der Waals surface area contributed by atoms with Gasteiger partial charge in [-0.25, -0.2) is 9.97 Å². The molecule has 2 heterocycles. The number of nitrogens with zero attached hydrogens (tertiary/aromatic N) is 3. The Labute approximate surface area is 213 Å². The normalized spacial score (nSPS) is 12.2. The summed E-state index contributed by atoms with van der Waals surface area (Å²) < 4.78 is 12.1. The number of anilines is 1. The molecule has 0 fully saturated rings. The second-order valence-electron chi connectivity index (χ2n) is 8.45. The van der Waals surface area contributed by atoms with Crippen LogP contribution < -0.4 is 14.8 Å². The van der Waals surface area contributed by atoms with Crippen molar-refractivity contribution in [2.45, 2.75) is 26.4 Å². The lowest BCUT2D eigenvalue weighted by molar-refractivity contribution is 0.356. The fraction of sp³-hybridized carbons (Fsp3) is 0.308. The van der Waals surface area contributed by atoms with E-state index in [1.807, 2.05) is 19.1 Å². The van der Waals surface area contributed by atoms with E-state index < -0.39 is 0 Å². The summed E-state index contributed by atoms with van der Waals surface area (Å²) in [4.78, 5) is 14.0. The van der Waals surface area contributed by atoms with Crippen LogP contribution >= 0.6 is 27.3 Å². The number of hydrogen-bond donors (Lipinski definition) is 1. The summed E-state index contributed by atoms with van der Waals surface area (Å²) in [6.45, 7) is 4.93. The van der Waals surface area contributed by atoms with Crippen molar-refractivity contribution in [2.24, 2.45) is 0 Å². The van der Waals surface area contributed by atoms with E-state index in [0.29, 0.717) is 17.3 Å². The second kappa shape index (κ2) is 10.3. The van der Waals surface area contributed by atoms with Gasteiger partial charge in [0.15, 0.2) is 11.5 Å². The Balaban J connectivity index is 1.66. The zero-order valence-electron chi connectivity index (χ0n) is 20.3. The van der Waals surface area contributed by atoms with E-state index in [9.17, 15) is 0 Å². The van der Waals surface area contributed by atoms with Crippen molar-refractivity contribution in [1.29, 1.82) is 0 Å². The van der Waals surface area contributed by atoms with E-state index in [1.165, 1.54) is 20.9 Å². The predicted octanol–water partition coefficient (Wildman–Crippen LogP) is 6.68. The molecular formula is C26H29BrN4O2S. The lowest BCUT2D eigenvalue weighted by atomic mass is 10.1. The molecule has 0 aliphatic heterocycles. The summed E-state index contributed by atoms with van der Waals surface area (Å²) >= 11 is 5.41. The molecule has 0 aliphatic rings. The fourth-order valence-electron chi connectivity index (χ4n) is 3.96. The van der Waals surface area contributed by atoms with Crippen LogP contribution in [-0.2, 0) is 6.54 Å². The first kappa shape index (κ1) is 24.4. The standard InChI is InChI=1S/C26H29BrN4O2S/c1-15(24-9-10-25(34-24)19-8-7-18(27)11-17(19)14-31(3)4)28-26-20-12-22(32-5)23(33-6)13-21(20)29-16(2)30-26/h7-13,15H,14H2,1-6H3,(H,28,29,30). The van der Waals surface area contributed by atoms with Crippen LogP contribution in [0.3, 0.4) is 0 Å². The zero-order chi connectivity index (χ0) is 24.4. The molecule has 0 saturated carbocycles. The Morgan fingerprint density at radius 1 is 1.03 bits per heavy atom. The molecule has 2 aromatic heterocycles. The third-order valence-corrected chi connectivity index (χ3v) is 7.33. The molecule has 4 aromatic rings. The summed E-state index contributed by atoms with van der Waals surface area (Å²) in [7, 11) is 7.45. The number of benzene rings is 2. The van der Waals surface area contributed by atoms with Gasteiger partial charge in [-0.2, -0.15) is 0 Å². The molecule has 0 spiro atoms. The van der Waals surface area contributed by atoms with Gasteiger partial charge in [-0.15, -0.1) is 11.3 Å². The largest absolute Gasteiger partial charge is 0.493 e. The molecule has 4 rings (SSSR count). The van der Waals surface area contributed by atoms with E-state index in [1.54, 1.807) is 25.6 Å². The van der Waals surface area contributed by atoms with Gasteiger partial charge in [-0.05, 0) is 69.4 Å². The average molecular weight is 542 g/mol. The highest BCUT2D eigenvalue weighted by atomic mass is 79.9. The number of aromatic nitrogens is 2. The van der Waals surface area contributed by atoms with E-state index in [-0.39, 0.29) is 6.04 Å². The molecule has 1 N–H and O–H groups in total. The minimum absolute atomic E-state index is 0.0668. The van der Waals surface area contributed by atoms with Crippen LogP contribution in [-0.4, -0.2) is 43.2 Å². The Bertz CT molecular complexity index is 1320. The van der Waals surface area contributed by atoms with Crippen molar-refractivity contribution in [3.05, 3.63) is 63.2 Å². The van der Waals surface area contributed by atoms with Gasteiger partial charge in [0, 0.05) is 32.2 Å². The maximum absolute atomic E-state index is 5.51. The molecule has 0 saturated heterocycles. The lowest BCUT2D eigenvalue weighted by Gasteiger charge is -2.17. The quantitative estimate of drug-likeness (QED) is 0.269. The maximum atomic E-state index is 5.51. The second-order valence-corrected chi connectivity index (χ2v) is 10.5. The van der Waals surface area contributed by atoms with Gasteiger partial charge in [0.25, 0.3) is 0 Å². The predicted molar refractivity (Wildman–Crippen MR) is 144 cm³/mol. The van der Waals surface area contributed by atoms with Gasteiger partial charge < -0.3 is 19.7 Å². The van der Waals surface area contributed by atoms with Gasteiger partial charge in [0.2, 0.25) is 0 Å². The van der Waals surface area contributed by atoms with Crippen molar-refractivity contribution in [1.82, 2.24) is 14.9 Å². The molecule has 8 heteroatoms. The number of aryl methyl sites for hydroxylation is 1. The summed E-state index contributed by atoms with van der Waals surface area (Å²) in [6.07, 6.45) is 0. The fourth-order valence-corrected chi connectivity index (χ4v) is 5.44. The molecule has 6 nitrogen and oxygen atoms in total. The number of nitrogens with one attached hydrogen (secondary N) is 1. The molecule has 0 bridgehead atoms. The van der Waals surface area contributed by atoms with Gasteiger partial charge in [0.05, 0.1) is 25.8 Å². The van der Waals surface area contributed by atoms with Crippen LogP contribution in [0.5, 0.6) is 11.5 Å². The number of ether oxygens (including phenoxy) is 2.